The summed E-state index contributed by atoms with van der Waals surface area (Å²) in [6.07, 6.45) is 3.99. The van der Waals surface area contributed by atoms with Crippen molar-refractivity contribution in [3.05, 3.63) is 52.8 Å². The first-order valence-electron chi connectivity index (χ1n) is 5.27. The average Bonchev–Trinajstić information content (AvgIpc) is 2.64. The van der Waals surface area contributed by atoms with E-state index in [0.29, 0.717) is 5.15 Å². The van der Waals surface area contributed by atoms with Gasteiger partial charge in [-0.1, -0.05) is 57.9 Å². The molecule has 0 saturated heterocycles. The van der Waals surface area contributed by atoms with Crippen LogP contribution in [0.15, 0.2) is 36.4 Å². The average molecular weight is 312 g/mol. The minimum atomic E-state index is 0.644. The summed E-state index contributed by atoms with van der Waals surface area (Å²) in [5.74, 6) is 0. The zero-order chi connectivity index (χ0) is 12.3. The molecule has 1 heterocycles. The summed E-state index contributed by atoms with van der Waals surface area (Å²) < 4.78 is 1.75. The topological polar surface area (TPSA) is 17.8 Å². The Kier molecular flexibility index (Phi) is 4.02. The summed E-state index contributed by atoms with van der Waals surface area (Å²) in [5.41, 5.74) is 2.87. The molecule has 1 aromatic heterocycles. The molecule has 1 aromatic carbocycles. The molecule has 0 radical (unpaired) electrons. The molecule has 0 amide bonds. The Morgan fingerprint density at radius 3 is 2.71 bits per heavy atom. The maximum absolute atomic E-state index is 6.33. The molecule has 0 aliphatic heterocycles. The van der Waals surface area contributed by atoms with Gasteiger partial charge in [0.2, 0.25) is 0 Å². The standard InChI is InChI=1S/C13H12BrClN2/c1-10-12(8-5-9-14)13(15)17(16-10)11-6-3-2-4-7-11/h2-8H,9H2,1H3. The molecular formula is C13H12BrClN2. The second-order valence-electron chi connectivity index (χ2n) is 3.59. The lowest BCUT2D eigenvalue weighted by Crippen LogP contribution is -1.95. The summed E-state index contributed by atoms with van der Waals surface area (Å²) in [5, 5.41) is 5.90. The van der Waals surface area contributed by atoms with Crippen LogP contribution < -0.4 is 0 Å². The lowest BCUT2D eigenvalue weighted by Gasteiger charge is -2.01. The smallest absolute Gasteiger partial charge is 0.140 e. The van der Waals surface area contributed by atoms with Crippen LogP contribution in [0, 0.1) is 6.92 Å². The van der Waals surface area contributed by atoms with Gasteiger partial charge in [-0.05, 0) is 19.1 Å². The van der Waals surface area contributed by atoms with Crippen molar-refractivity contribution in [2.45, 2.75) is 6.92 Å². The number of hydrogen-bond donors (Lipinski definition) is 0. The fourth-order valence-corrected chi connectivity index (χ4v) is 2.13. The van der Waals surface area contributed by atoms with Gasteiger partial charge in [0.25, 0.3) is 0 Å². The van der Waals surface area contributed by atoms with Crippen LogP contribution >= 0.6 is 27.5 Å². The van der Waals surface area contributed by atoms with Crippen LogP contribution in [-0.2, 0) is 0 Å². The van der Waals surface area contributed by atoms with Crippen molar-refractivity contribution >= 4 is 33.6 Å². The number of allylic oxidation sites excluding steroid dienone is 1. The Morgan fingerprint density at radius 1 is 1.35 bits per heavy atom. The number of aryl methyl sites for hydroxylation is 1. The highest BCUT2D eigenvalue weighted by atomic mass is 79.9. The van der Waals surface area contributed by atoms with Gasteiger partial charge in [0.05, 0.1) is 11.4 Å². The number of hydrogen-bond acceptors (Lipinski definition) is 1. The SMILES string of the molecule is Cc1nn(-c2ccccc2)c(Cl)c1C=CCBr. The third-order valence-corrected chi connectivity index (χ3v) is 3.16. The monoisotopic (exact) mass is 310 g/mol. The second kappa shape index (κ2) is 5.52. The van der Waals surface area contributed by atoms with E-state index < -0.39 is 0 Å². The number of rotatable bonds is 3. The van der Waals surface area contributed by atoms with Crippen molar-refractivity contribution in [3.8, 4) is 5.69 Å². The van der Waals surface area contributed by atoms with E-state index in [0.717, 1.165) is 22.3 Å². The number of aromatic nitrogens is 2. The Hall–Kier alpha value is -1.06. The van der Waals surface area contributed by atoms with Gasteiger partial charge in [0.15, 0.2) is 0 Å². The minimum Gasteiger partial charge on any atom is -0.221 e. The number of para-hydroxylation sites is 1. The Balaban J connectivity index is 2.48. The van der Waals surface area contributed by atoms with Crippen molar-refractivity contribution in [2.24, 2.45) is 0 Å². The molecule has 0 spiro atoms. The molecule has 0 saturated carbocycles. The number of alkyl halides is 1. The van der Waals surface area contributed by atoms with E-state index in [-0.39, 0.29) is 0 Å². The molecule has 0 unspecified atom stereocenters. The van der Waals surface area contributed by atoms with Gasteiger partial charge < -0.3 is 0 Å². The molecule has 2 rings (SSSR count). The van der Waals surface area contributed by atoms with Crippen molar-refractivity contribution in [1.29, 1.82) is 0 Å². The lowest BCUT2D eigenvalue weighted by molar-refractivity contribution is 0.863. The van der Waals surface area contributed by atoms with Crippen molar-refractivity contribution in [3.63, 3.8) is 0 Å². The first kappa shape index (κ1) is 12.4. The van der Waals surface area contributed by atoms with Crippen LogP contribution in [0.25, 0.3) is 11.8 Å². The van der Waals surface area contributed by atoms with E-state index in [9.17, 15) is 0 Å². The number of benzene rings is 1. The maximum Gasteiger partial charge on any atom is 0.140 e. The molecule has 17 heavy (non-hydrogen) atoms. The zero-order valence-corrected chi connectivity index (χ0v) is 11.7. The molecule has 0 bridgehead atoms. The van der Waals surface area contributed by atoms with Crippen LogP contribution in [0.1, 0.15) is 11.3 Å². The summed E-state index contributed by atoms with van der Waals surface area (Å²) in [4.78, 5) is 0. The number of nitrogens with zero attached hydrogens (tertiary/aromatic N) is 2. The van der Waals surface area contributed by atoms with Gasteiger partial charge in [-0.25, -0.2) is 4.68 Å². The predicted molar refractivity (Wildman–Crippen MR) is 76.1 cm³/mol. The van der Waals surface area contributed by atoms with Crippen LogP contribution in [0.5, 0.6) is 0 Å². The maximum atomic E-state index is 6.33. The van der Waals surface area contributed by atoms with Gasteiger partial charge >= 0.3 is 0 Å². The molecule has 0 aliphatic rings. The van der Waals surface area contributed by atoms with Gasteiger partial charge in [0, 0.05) is 10.9 Å². The van der Waals surface area contributed by atoms with Gasteiger partial charge in [-0.15, -0.1) is 0 Å². The van der Waals surface area contributed by atoms with E-state index in [1.165, 1.54) is 0 Å². The van der Waals surface area contributed by atoms with Crippen LogP contribution in [-0.4, -0.2) is 15.1 Å². The summed E-state index contributed by atoms with van der Waals surface area (Å²) in [6.45, 7) is 1.96. The van der Waals surface area contributed by atoms with Crippen LogP contribution in [0.4, 0.5) is 0 Å². The van der Waals surface area contributed by atoms with Gasteiger partial charge in [-0.3, -0.25) is 0 Å². The minimum absolute atomic E-state index is 0.644. The normalized spacial score (nSPS) is 11.2. The molecule has 2 nitrogen and oxygen atoms in total. The van der Waals surface area contributed by atoms with Gasteiger partial charge in [0.1, 0.15) is 5.15 Å². The predicted octanol–water partition coefficient (Wildman–Crippen LogP) is 4.24. The molecule has 2 aromatic rings. The quantitative estimate of drug-likeness (QED) is 0.775. The highest BCUT2D eigenvalue weighted by Crippen LogP contribution is 2.24. The molecule has 0 aliphatic carbocycles. The van der Waals surface area contributed by atoms with E-state index in [1.807, 2.05) is 49.4 Å². The van der Waals surface area contributed by atoms with Crippen LogP contribution in [0.3, 0.4) is 0 Å². The third kappa shape index (κ3) is 2.61. The van der Waals surface area contributed by atoms with Crippen molar-refractivity contribution < 1.29 is 0 Å². The molecule has 4 heteroatoms. The van der Waals surface area contributed by atoms with E-state index in [2.05, 4.69) is 21.0 Å². The third-order valence-electron chi connectivity index (χ3n) is 2.42. The number of halogens is 2. The highest BCUT2D eigenvalue weighted by Gasteiger charge is 2.11. The molecule has 0 fully saturated rings. The fraction of sp³-hybridized carbons (Fsp3) is 0.154. The molecular weight excluding hydrogens is 300 g/mol. The summed E-state index contributed by atoms with van der Waals surface area (Å²) in [6, 6.07) is 9.87. The first-order valence-corrected chi connectivity index (χ1v) is 6.77. The van der Waals surface area contributed by atoms with E-state index in [1.54, 1.807) is 4.68 Å². The van der Waals surface area contributed by atoms with E-state index >= 15 is 0 Å². The molecule has 0 atom stereocenters. The van der Waals surface area contributed by atoms with E-state index in [4.69, 9.17) is 11.6 Å². The molecule has 88 valence electrons. The lowest BCUT2D eigenvalue weighted by atomic mass is 10.2. The first-order chi connectivity index (χ1) is 8.24. The van der Waals surface area contributed by atoms with Gasteiger partial charge in [-0.2, -0.15) is 5.10 Å². The largest absolute Gasteiger partial charge is 0.221 e. The fourth-order valence-electron chi connectivity index (χ4n) is 1.60. The second-order valence-corrected chi connectivity index (χ2v) is 4.60. The Bertz CT molecular complexity index is 532. The summed E-state index contributed by atoms with van der Waals surface area (Å²) in [7, 11) is 0. The zero-order valence-electron chi connectivity index (χ0n) is 9.40. The Labute approximate surface area is 114 Å². The Morgan fingerprint density at radius 2 is 2.06 bits per heavy atom. The molecule has 0 N–H and O–H groups in total. The highest BCUT2D eigenvalue weighted by molar-refractivity contribution is 9.09. The van der Waals surface area contributed by atoms with Crippen LogP contribution in [0.2, 0.25) is 5.15 Å². The van der Waals surface area contributed by atoms with Crippen molar-refractivity contribution in [2.75, 3.05) is 5.33 Å². The van der Waals surface area contributed by atoms with Crippen molar-refractivity contribution in [1.82, 2.24) is 9.78 Å². The summed E-state index contributed by atoms with van der Waals surface area (Å²) >= 11 is 9.68.